The van der Waals surface area contributed by atoms with E-state index in [2.05, 4.69) is 26.3 Å². The summed E-state index contributed by atoms with van der Waals surface area (Å²) < 4.78 is 16.6. The highest BCUT2D eigenvalue weighted by atomic mass is 35.5. The lowest BCUT2D eigenvalue weighted by atomic mass is 10.1. The van der Waals surface area contributed by atoms with E-state index < -0.39 is 0 Å². The molecule has 1 amide bonds. The predicted octanol–water partition coefficient (Wildman–Crippen LogP) is 5.14. The molecule has 0 bridgehead atoms. The van der Waals surface area contributed by atoms with Crippen molar-refractivity contribution >= 4 is 51.6 Å². The number of fused-ring (bicyclic) bond motifs is 1. The molecule has 198 valence electrons. The number of nitriles is 1. The summed E-state index contributed by atoms with van der Waals surface area (Å²) in [6.45, 7) is 2.64. The third-order valence-corrected chi connectivity index (χ3v) is 6.51. The average Bonchev–Trinajstić information content (AvgIpc) is 3.40. The Kier molecular flexibility index (Phi) is 7.96. The van der Waals surface area contributed by atoms with Gasteiger partial charge in [0.25, 0.3) is 5.91 Å². The third kappa shape index (κ3) is 6.14. The molecule has 0 spiro atoms. The molecule has 0 saturated carbocycles. The highest BCUT2D eigenvalue weighted by Gasteiger charge is 2.16. The number of ether oxygens (including phenoxy) is 3. The topological polar surface area (TPSA) is 112 Å². The fourth-order valence-corrected chi connectivity index (χ4v) is 4.58. The maximum Gasteiger partial charge on any atom is 0.262 e. The smallest absolute Gasteiger partial charge is 0.262 e. The summed E-state index contributed by atoms with van der Waals surface area (Å²) in [5.41, 5.74) is 4.21. The van der Waals surface area contributed by atoms with E-state index in [0.29, 0.717) is 46.8 Å². The lowest BCUT2D eigenvalue weighted by molar-refractivity contribution is -0.118. The average molecular weight is 544 g/mol. The molecule has 9 nitrogen and oxygen atoms in total. The fourth-order valence-electron chi connectivity index (χ4n) is 4.28. The van der Waals surface area contributed by atoms with Gasteiger partial charge >= 0.3 is 0 Å². The van der Waals surface area contributed by atoms with Crippen molar-refractivity contribution in [1.82, 2.24) is 9.97 Å². The van der Waals surface area contributed by atoms with Crippen LogP contribution in [-0.4, -0.2) is 55.9 Å². The van der Waals surface area contributed by atoms with E-state index in [4.69, 9.17) is 25.8 Å². The first kappa shape index (κ1) is 26.1. The summed E-state index contributed by atoms with van der Waals surface area (Å²) in [6.07, 6.45) is 1.71. The molecular formula is C29H26ClN5O4. The quantitative estimate of drug-likeness (QED) is 0.296. The number of hydrogen-bond acceptors (Lipinski definition) is 7. The maximum absolute atomic E-state index is 12.6. The van der Waals surface area contributed by atoms with Crippen LogP contribution in [0.1, 0.15) is 11.4 Å². The van der Waals surface area contributed by atoms with Crippen LogP contribution in [0.5, 0.6) is 11.5 Å². The number of aromatic nitrogens is 2. The van der Waals surface area contributed by atoms with Gasteiger partial charge in [-0.1, -0.05) is 29.8 Å². The van der Waals surface area contributed by atoms with Crippen LogP contribution in [0.15, 0.2) is 60.7 Å². The summed E-state index contributed by atoms with van der Waals surface area (Å²) in [4.78, 5) is 22.4. The summed E-state index contributed by atoms with van der Waals surface area (Å²) in [5, 5.41) is 13.1. The van der Waals surface area contributed by atoms with Crippen molar-refractivity contribution in [2.75, 3.05) is 50.2 Å². The predicted molar refractivity (Wildman–Crippen MR) is 151 cm³/mol. The first-order valence-corrected chi connectivity index (χ1v) is 12.7. The van der Waals surface area contributed by atoms with Crippen LogP contribution in [0.25, 0.3) is 22.7 Å². The number of H-pyrrole nitrogens is 1. The molecule has 1 aromatic heterocycles. The van der Waals surface area contributed by atoms with Crippen LogP contribution in [0.4, 0.5) is 11.4 Å². The van der Waals surface area contributed by atoms with E-state index in [1.807, 2.05) is 36.4 Å². The van der Waals surface area contributed by atoms with Gasteiger partial charge in [0.1, 0.15) is 11.9 Å². The lowest BCUT2D eigenvalue weighted by Gasteiger charge is -2.29. The van der Waals surface area contributed by atoms with Crippen LogP contribution in [-0.2, 0) is 9.53 Å². The zero-order valence-electron chi connectivity index (χ0n) is 21.2. The zero-order chi connectivity index (χ0) is 27.2. The van der Waals surface area contributed by atoms with Crippen LogP contribution in [0.2, 0.25) is 5.02 Å². The van der Waals surface area contributed by atoms with Gasteiger partial charge in [0.05, 0.1) is 47.6 Å². The van der Waals surface area contributed by atoms with E-state index in [0.717, 1.165) is 35.4 Å². The van der Waals surface area contributed by atoms with Crippen molar-refractivity contribution < 1.29 is 19.0 Å². The molecule has 0 unspecified atom stereocenters. The highest BCUT2D eigenvalue weighted by molar-refractivity contribution is 6.33. The number of carbonyl (C=O) groups excluding carboxylic acids is 1. The number of allylic oxidation sites excluding steroid dienone is 1. The Balaban J connectivity index is 1.23. The Hall–Kier alpha value is -4.52. The number of nitrogens with zero attached hydrogens (tertiary/aromatic N) is 3. The third-order valence-electron chi connectivity index (χ3n) is 6.21. The highest BCUT2D eigenvalue weighted by Crippen LogP contribution is 2.31. The number of anilines is 2. The molecule has 5 rings (SSSR count). The molecule has 39 heavy (non-hydrogen) atoms. The van der Waals surface area contributed by atoms with E-state index >= 15 is 0 Å². The summed E-state index contributed by atoms with van der Waals surface area (Å²) >= 11 is 6.47. The minimum absolute atomic E-state index is 0.225. The fraction of sp³-hybridized carbons (Fsp3) is 0.207. The van der Waals surface area contributed by atoms with Gasteiger partial charge in [-0.15, -0.1) is 0 Å². The number of amides is 1. The van der Waals surface area contributed by atoms with Gasteiger partial charge in [0, 0.05) is 18.8 Å². The van der Waals surface area contributed by atoms with E-state index in [1.54, 1.807) is 30.3 Å². The first-order chi connectivity index (χ1) is 19.0. The largest absolute Gasteiger partial charge is 0.493 e. The first-order valence-electron chi connectivity index (χ1n) is 12.3. The second kappa shape index (κ2) is 11.9. The Bertz CT molecular complexity index is 1540. The van der Waals surface area contributed by atoms with Crippen molar-refractivity contribution in [3.05, 3.63) is 77.1 Å². The van der Waals surface area contributed by atoms with Gasteiger partial charge in [-0.2, -0.15) is 5.26 Å². The van der Waals surface area contributed by atoms with Crippen molar-refractivity contribution in [3.8, 4) is 17.6 Å². The van der Waals surface area contributed by atoms with Crippen LogP contribution in [0.3, 0.4) is 0 Å². The van der Waals surface area contributed by atoms with Crippen molar-refractivity contribution in [2.24, 2.45) is 0 Å². The molecule has 1 aliphatic rings. The Morgan fingerprint density at radius 1 is 1.18 bits per heavy atom. The van der Waals surface area contributed by atoms with Crippen molar-refractivity contribution in [3.63, 3.8) is 0 Å². The van der Waals surface area contributed by atoms with Crippen LogP contribution < -0.4 is 19.7 Å². The number of benzene rings is 3. The number of halogens is 1. The van der Waals surface area contributed by atoms with Crippen molar-refractivity contribution in [1.29, 1.82) is 5.26 Å². The molecule has 4 aromatic rings. The lowest BCUT2D eigenvalue weighted by Crippen LogP contribution is -2.36. The Morgan fingerprint density at radius 2 is 2.00 bits per heavy atom. The SMILES string of the molecule is COc1cc(/C=C(\C#N)c2nc3ccccc3[nH]2)ccc1OCC(=O)Nc1ccc(N2CCOCC2)c(Cl)c1. The van der Waals surface area contributed by atoms with E-state index in [9.17, 15) is 10.1 Å². The number of nitrogens with one attached hydrogen (secondary N) is 2. The van der Waals surface area contributed by atoms with Crippen molar-refractivity contribution in [2.45, 2.75) is 0 Å². The number of hydrogen-bond donors (Lipinski definition) is 2. The molecule has 2 N–H and O–H groups in total. The standard InChI is InChI=1S/C29H26ClN5O4/c1-37-27-15-19(14-20(17-31)29-33-23-4-2-3-5-24(23)34-29)6-9-26(27)39-18-28(36)32-21-7-8-25(22(30)16-21)35-10-12-38-13-11-35/h2-9,14-16H,10-13,18H2,1H3,(H,32,36)(H,33,34)/b20-14+. The van der Waals surface area contributed by atoms with E-state index in [1.165, 1.54) is 7.11 Å². The summed E-state index contributed by atoms with van der Waals surface area (Å²) in [5.74, 6) is 0.963. The number of morpholine rings is 1. The van der Waals surface area contributed by atoms with Crippen LogP contribution in [0, 0.1) is 11.3 Å². The second-order valence-corrected chi connectivity index (χ2v) is 9.19. The number of para-hydroxylation sites is 2. The molecule has 1 saturated heterocycles. The molecule has 1 fully saturated rings. The minimum Gasteiger partial charge on any atom is -0.493 e. The van der Waals surface area contributed by atoms with Gasteiger partial charge in [-0.3, -0.25) is 4.79 Å². The molecular weight excluding hydrogens is 518 g/mol. The van der Waals surface area contributed by atoms with Crippen LogP contribution >= 0.6 is 11.6 Å². The monoisotopic (exact) mass is 543 g/mol. The zero-order valence-corrected chi connectivity index (χ0v) is 22.0. The number of imidazole rings is 1. The number of methoxy groups -OCH3 is 1. The number of carbonyl (C=O) groups is 1. The van der Waals surface area contributed by atoms with Gasteiger partial charge in [-0.25, -0.2) is 4.98 Å². The number of aromatic amines is 1. The van der Waals surface area contributed by atoms with Gasteiger partial charge in [0.2, 0.25) is 0 Å². The number of rotatable bonds is 8. The Labute approximate surface area is 230 Å². The molecule has 2 heterocycles. The molecule has 0 radical (unpaired) electrons. The van der Waals surface area contributed by atoms with Gasteiger partial charge in [0.15, 0.2) is 18.1 Å². The molecule has 3 aromatic carbocycles. The second-order valence-electron chi connectivity index (χ2n) is 8.79. The van der Waals surface area contributed by atoms with E-state index in [-0.39, 0.29) is 12.5 Å². The van der Waals surface area contributed by atoms with Gasteiger partial charge < -0.3 is 29.4 Å². The summed E-state index contributed by atoms with van der Waals surface area (Å²) in [7, 11) is 1.51. The minimum atomic E-state index is -0.340. The van der Waals surface area contributed by atoms with Gasteiger partial charge in [-0.05, 0) is 54.1 Å². The molecule has 0 aliphatic carbocycles. The molecule has 1 aliphatic heterocycles. The normalized spacial score (nSPS) is 13.7. The maximum atomic E-state index is 12.6. The molecule has 10 heteroatoms. The molecule has 0 atom stereocenters. The summed E-state index contributed by atoms with van der Waals surface area (Å²) in [6, 6.07) is 20.4. The Morgan fingerprint density at radius 3 is 2.74 bits per heavy atom.